The summed E-state index contributed by atoms with van der Waals surface area (Å²) in [6.07, 6.45) is 5.80. The summed E-state index contributed by atoms with van der Waals surface area (Å²) in [7, 11) is 0. The van der Waals surface area contributed by atoms with Crippen LogP contribution in [0.3, 0.4) is 0 Å². The highest BCUT2D eigenvalue weighted by Gasteiger charge is 2.36. The van der Waals surface area contributed by atoms with Crippen molar-refractivity contribution >= 4 is 5.91 Å². The molecule has 13 heavy (non-hydrogen) atoms. The van der Waals surface area contributed by atoms with E-state index in [1.54, 1.807) is 0 Å². The number of nitrogens with zero attached hydrogens (tertiary/aromatic N) is 1. The molecule has 0 aromatic heterocycles. The highest BCUT2D eigenvalue weighted by atomic mass is 16.2. The van der Waals surface area contributed by atoms with Crippen LogP contribution >= 0.6 is 0 Å². The predicted octanol–water partition coefficient (Wildman–Crippen LogP) is 1.10. The molecule has 0 spiro atoms. The summed E-state index contributed by atoms with van der Waals surface area (Å²) < 4.78 is 0. The summed E-state index contributed by atoms with van der Waals surface area (Å²) in [5, 5.41) is 3.28. The average Bonchev–Trinajstić information content (AvgIpc) is 2.34. The number of hydrogen-bond acceptors (Lipinski definition) is 2. The number of hydrogen-bond donors (Lipinski definition) is 1. The Hall–Kier alpha value is -0.570. The molecule has 2 fully saturated rings. The summed E-state index contributed by atoms with van der Waals surface area (Å²) in [6, 6.07) is 0.674. The van der Waals surface area contributed by atoms with Crippen molar-refractivity contribution in [2.24, 2.45) is 0 Å². The zero-order valence-corrected chi connectivity index (χ0v) is 8.25. The molecule has 74 valence electrons. The third kappa shape index (κ3) is 1.57. The van der Waals surface area contributed by atoms with Gasteiger partial charge in [-0.1, -0.05) is 13.3 Å². The van der Waals surface area contributed by atoms with Crippen molar-refractivity contribution < 1.29 is 4.79 Å². The van der Waals surface area contributed by atoms with E-state index in [0.717, 1.165) is 19.5 Å². The van der Waals surface area contributed by atoms with E-state index in [-0.39, 0.29) is 6.04 Å². The molecular formula is C10H18N2O. The maximum atomic E-state index is 11.8. The molecule has 2 aliphatic rings. The molecule has 1 saturated carbocycles. The first kappa shape index (κ1) is 9.00. The fourth-order valence-electron chi connectivity index (χ4n) is 2.10. The van der Waals surface area contributed by atoms with E-state index in [9.17, 15) is 4.79 Å². The van der Waals surface area contributed by atoms with Crippen molar-refractivity contribution in [3.05, 3.63) is 0 Å². The lowest BCUT2D eigenvalue weighted by molar-refractivity contribution is -0.132. The van der Waals surface area contributed by atoms with Gasteiger partial charge in [-0.15, -0.1) is 0 Å². The molecule has 2 rings (SSSR count). The number of carbonyl (C=O) groups is 1. The SMILES string of the molecule is CCCC1NCN(C2CCC2)C1=O. The van der Waals surface area contributed by atoms with Crippen molar-refractivity contribution in [3.63, 3.8) is 0 Å². The second-order valence-corrected chi connectivity index (χ2v) is 4.10. The fourth-order valence-corrected chi connectivity index (χ4v) is 2.10. The molecule has 0 radical (unpaired) electrons. The van der Waals surface area contributed by atoms with Gasteiger partial charge in [-0.25, -0.2) is 0 Å². The van der Waals surface area contributed by atoms with Crippen molar-refractivity contribution in [1.29, 1.82) is 0 Å². The van der Waals surface area contributed by atoms with E-state index >= 15 is 0 Å². The van der Waals surface area contributed by atoms with Gasteiger partial charge in [0.25, 0.3) is 0 Å². The van der Waals surface area contributed by atoms with Gasteiger partial charge in [0.15, 0.2) is 0 Å². The molecular weight excluding hydrogens is 164 g/mol. The molecule has 1 heterocycles. The van der Waals surface area contributed by atoms with Gasteiger partial charge in [0, 0.05) is 6.04 Å². The highest BCUT2D eigenvalue weighted by molar-refractivity contribution is 5.84. The molecule has 3 nitrogen and oxygen atoms in total. The maximum absolute atomic E-state index is 11.8. The Morgan fingerprint density at radius 1 is 1.54 bits per heavy atom. The van der Waals surface area contributed by atoms with Crippen LogP contribution in [0, 0.1) is 0 Å². The van der Waals surface area contributed by atoms with Gasteiger partial charge in [-0.2, -0.15) is 0 Å². The lowest BCUT2D eigenvalue weighted by atomic mass is 9.91. The minimum Gasteiger partial charge on any atom is -0.326 e. The second-order valence-electron chi connectivity index (χ2n) is 4.10. The molecule has 1 unspecified atom stereocenters. The van der Waals surface area contributed by atoms with Crippen LogP contribution in [0.15, 0.2) is 0 Å². The van der Waals surface area contributed by atoms with Crippen LogP contribution in [0.2, 0.25) is 0 Å². The van der Waals surface area contributed by atoms with Gasteiger partial charge >= 0.3 is 0 Å². The fraction of sp³-hybridized carbons (Fsp3) is 0.900. The Kier molecular flexibility index (Phi) is 2.54. The first-order chi connectivity index (χ1) is 6.33. The Labute approximate surface area is 79.5 Å². The topological polar surface area (TPSA) is 32.3 Å². The first-order valence-electron chi connectivity index (χ1n) is 5.36. The van der Waals surface area contributed by atoms with Crippen molar-refractivity contribution in [1.82, 2.24) is 10.2 Å². The van der Waals surface area contributed by atoms with Gasteiger partial charge in [-0.05, 0) is 25.7 Å². The van der Waals surface area contributed by atoms with Crippen LogP contribution in [-0.4, -0.2) is 29.6 Å². The molecule has 1 atom stereocenters. The second kappa shape index (κ2) is 3.66. The van der Waals surface area contributed by atoms with Crippen molar-refractivity contribution in [2.45, 2.75) is 51.1 Å². The minimum absolute atomic E-state index is 0.116. The number of amides is 1. The Morgan fingerprint density at radius 2 is 2.31 bits per heavy atom. The highest BCUT2D eigenvalue weighted by Crippen LogP contribution is 2.27. The van der Waals surface area contributed by atoms with Gasteiger partial charge in [0.1, 0.15) is 0 Å². The molecule has 1 saturated heterocycles. The molecule has 1 aliphatic carbocycles. The summed E-state index contributed by atoms with van der Waals surface area (Å²) in [4.78, 5) is 13.8. The standard InChI is InChI=1S/C10H18N2O/c1-2-4-9-10(13)12(7-11-9)8-5-3-6-8/h8-9,11H,2-7H2,1H3. The van der Waals surface area contributed by atoms with Gasteiger partial charge in [0.2, 0.25) is 5.91 Å². The third-order valence-electron chi connectivity index (χ3n) is 3.18. The molecule has 1 aliphatic heterocycles. The molecule has 1 amide bonds. The Bertz CT molecular complexity index is 201. The lowest BCUT2D eigenvalue weighted by Crippen LogP contribution is -2.42. The largest absolute Gasteiger partial charge is 0.326 e. The van der Waals surface area contributed by atoms with Crippen molar-refractivity contribution in [3.8, 4) is 0 Å². The zero-order valence-electron chi connectivity index (χ0n) is 8.25. The molecule has 3 heteroatoms. The van der Waals surface area contributed by atoms with Crippen LogP contribution in [-0.2, 0) is 4.79 Å². The van der Waals surface area contributed by atoms with E-state index in [1.807, 2.05) is 4.90 Å². The molecule has 1 N–H and O–H groups in total. The molecule has 0 aromatic carbocycles. The number of carbonyl (C=O) groups excluding carboxylic acids is 1. The third-order valence-corrected chi connectivity index (χ3v) is 3.18. The maximum Gasteiger partial charge on any atom is 0.241 e. The average molecular weight is 182 g/mol. The van der Waals surface area contributed by atoms with Crippen molar-refractivity contribution in [2.75, 3.05) is 6.67 Å². The van der Waals surface area contributed by atoms with E-state index in [2.05, 4.69) is 12.2 Å². The van der Waals surface area contributed by atoms with Crippen LogP contribution < -0.4 is 5.32 Å². The van der Waals surface area contributed by atoms with E-state index in [1.165, 1.54) is 19.3 Å². The van der Waals surface area contributed by atoms with Gasteiger partial charge in [0.05, 0.1) is 12.7 Å². The normalized spacial score (nSPS) is 29.5. The monoisotopic (exact) mass is 182 g/mol. The van der Waals surface area contributed by atoms with E-state index in [0.29, 0.717) is 11.9 Å². The number of rotatable bonds is 3. The zero-order chi connectivity index (χ0) is 9.26. The lowest BCUT2D eigenvalue weighted by Gasteiger charge is -2.34. The number of nitrogens with one attached hydrogen (secondary N) is 1. The summed E-state index contributed by atoms with van der Waals surface area (Å²) in [5.74, 6) is 0.339. The van der Waals surface area contributed by atoms with Crippen LogP contribution in [0.4, 0.5) is 0 Å². The Morgan fingerprint density at radius 3 is 2.85 bits per heavy atom. The molecule has 0 aromatic rings. The smallest absolute Gasteiger partial charge is 0.241 e. The minimum atomic E-state index is 0.116. The van der Waals surface area contributed by atoms with Crippen LogP contribution in [0.5, 0.6) is 0 Å². The van der Waals surface area contributed by atoms with Crippen LogP contribution in [0.25, 0.3) is 0 Å². The Balaban J connectivity index is 1.90. The summed E-state index contributed by atoms with van der Waals surface area (Å²) in [5.41, 5.74) is 0. The first-order valence-corrected chi connectivity index (χ1v) is 5.36. The summed E-state index contributed by atoms with van der Waals surface area (Å²) >= 11 is 0. The van der Waals surface area contributed by atoms with Gasteiger partial charge in [-0.3, -0.25) is 10.1 Å². The molecule has 0 bridgehead atoms. The van der Waals surface area contributed by atoms with Crippen LogP contribution in [0.1, 0.15) is 39.0 Å². The summed E-state index contributed by atoms with van der Waals surface area (Å²) in [6.45, 7) is 2.91. The van der Waals surface area contributed by atoms with E-state index < -0.39 is 0 Å². The van der Waals surface area contributed by atoms with E-state index in [4.69, 9.17) is 0 Å². The predicted molar refractivity (Wildman–Crippen MR) is 51.2 cm³/mol. The quantitative estimate of drug-likeness (QED) is 0.708. The van der Waals surface area contributed by atoms with Gasteiger partial charge < -0.3 is 4.90 Å².